The molecule has 0 heterocycles. The Morgan fingerprint density at radius 1 is 1.25 bits per heavy atom. The van der Waals surface area contributed by atoms with E-state index < -0.39 is 11.7 Å². The first kappa shape index (κ1) is 8.86. The number of hydrogen-bond acceptors (Lipinski definition) is 1. The van der Waals surface area contributed by atoms with Gasteiger partial charge in [-0.2, -0.15) is 13.2 Å². The molecule has 1 radical (unpaired) electrons. The minimum absolute atomic E-state index is 0.116. The summed E-state index contributed by atoms with van der Waals surface area (Å²) in [6.45, 7) is 0. The van der Waals surface area contributed by atoms with Gasteiger partial charge in [-0.05, 0) is 18.2 Å². The summed E-state index contributed by atoms with van der Waals surface area (Å²) in [5, 5.41) is 0. The van der Waals surface area contributed by atoms with Crippen LogP contribution in [0.1, 0.15) is 5.56 Å². The van der Waals surface area contributed by atoms with Crippen molar-refractivity contribution in [1.82, 2.24) is 5.43 Å². The van der Waals surface area contributed by atoms with Crippen LogP contribution in [-0.4, -0.2) is 0 Å². The molecule has 65 valence electrons. The Morgan fingerprint density at radius 2 is 1.92 bits per heavy atom. The number of nitrogens with two attached hydrogens (primary N) is 1. The Bertz CT molecular complexity index is 270. The number of nitrogens with zero attached hydrogens (tertiary/aromatic N) is 1. The topological polar surface area (TPSA) is 40.1 Å². The lowest BCUT2D eigenvalue weighted by Gasteiger charge is -2.06. The van der Waals surface area contributed by atoms with E-state index in [4.69, 9.17) is 5.84 Å². The van der Waals surface area contributed by atoms with Crippen molar-refractivity contribution in [2.45, 2.75) is 6.18 Å². The molecule has 2 N–H and O–H groups in total. The van der Waals surface area contributed by atoms with Gasteiger partial charge in [0, 0.05) is 0 Å². The number of halogens is 3. The molecule has 0 amide bonds. The van der Waals surface area contributed by atoms with Gasteiger partial charge in [-0.3, -0.25) is 0 Å². The van der Waals surface area contributed by atoms with Crippen molar-refractivity contribution in [1.29, 1.82) is 0 Å². The summed E-state index contributed by atoms with van der Waals surface area (Å²) in [4.78, 5) is 0. The average Bonchev–Trinajstić information content (AvgIpc) is 2.03. The molecule has 0 aliphatic rings. The van der Waals surface area contributed by atoms with Crippen LogP contribution in [0, 0.1) is 0 Å². The van der Waals surface area contributed by atoms with Gasteiger partial charge in [0.05, 0.1) is 11.3 Å². The molecule has 0 aliphatic carbocycles. The van der Waals surface area contributed by atoms with Crippen LogP contribution in [0.4, 0.5) is 18.9 Å². The quantitative estimate of drug-likeness (QED) is 0.513. The number of alkyl halides is 3. The third-order valence-electron chi connectivity index (χ3n) is 1.32. The molecule has 0 unspecified atom stereocenters. The maximum absolute atomic E-state index is 12.0. The number of hydrogen-bond donors (Lipinski definition) is 1. The fraction of sp³-hybridized carbons (Fsp3) is 0.143. The third kappa shape index (κ3) is 1.88. The molecule has 0 spiro atoms. The van der Waals surface area contributed by atoms with Gasteiger partial charge in [0.15, 0.2) is 0 Å². The second-order valence-corrected chi connectivity index (χ2v) is 2.18. The van der Waals surface area contributed by atoms with Gasteiger partial charge in [-0.1, -0.05) is 6.07 Å². The first-order chi connectivity index (χ1) is 5.54. The van der Waals surface area contributed by atoms with E-state index in [1.165, 1.54) is 12.1 Å². The zero-order valence-corrected chi connectivity index (χ0v) is 5.97. The van der Waals surface area contributed by atoms with E-state index in [1.807, 2.05) is 0 Å². The van der Waals surface area contributed by atoms with Crippen molar-refractivity contribution in [2.75, 3.05) is 0 Å². The Kier molecular flexibility index (Phi) is 2.23. The molecular formula is C7H6F3N2. The number of rotatable bonds is 1. The standard InChI is InChI=1S/C7H6F3N2/c8-7(9,10)5-2-1-3-6(4-5)12-11/h1-4H,11H2. The third-order valence-corrected chi connectivity index (χ3v) is 1.32. The summed E-state index contributed by atoms with van der Waals surface area (Å²) < 4.78 is 36.1. The van der Waals surface area contributed by atoms with Crippen molar-refractivity contribution in [3.63, 3.8) is 0 Å². The van der Waals surface area contributed by atoms with Gasteiger partial charge >= 0.3 is 6.18 Å². The molecule has 0 aromatic heterocycles. The molecule has 0 saturated heterocycles. The van der Waals surface area contributed by atoms with E-state index in [-0.39, 0.29) is 5.69 Å². The second-order valence-electron chi connectivity index (χ2n) is 2.18. The summed E-state index contributed by atoms with van der Waals surface area (Å²) in [6, 6.07) is 4.51. The lowest BCUT2D eigenvalue weighted by Crippen LogP contribution is -2.08. The molecule has 0 fully saturated rings. The van der Waals surface area contributed by atoms with E-state index in [0.717, 1.165) is 12.1 Å². The first-order valence-electron chi connectivity index (χ1n) is 3.12. The van der Waals surface area contributed by atoms with Crippen LogP contribution in [0.2, 0.25) is 0 Å². The molecule has 1 rings (SSSR count). The summed E-state index contributed by atoms with van der Waals surface area (Å²) in [6.07, 6.45) is -4.33. The van der Waals surface area contributed by atoms with Crippen LogP contribution in [0.5, 0.6) is 0 Å². The SMILES string of the molecule is N[N]c1cccc(C(F)(F)F)c1. The van der Waals surface area contributed by atoms with Gasteiger partial charge in [0.25, 0.3) is 0 Å². The highest BCUT2D eigenvalue weighted by atomic mass is 19.4. The highest BCUT2D eigenvalue weighted by molar-refractivity contribution is 5.39. The predicted molar refractivity (Wildman–Crippen MR) is 37.4 cm³/mol. The molecular weight excluding hydrogens is 169 g/mol. The molecule has 1 aromatic rings. The predicted octanol–water partition coefficient (Wildman–Crippen LogP) is 1.81. The molecule has 1 aromatic carbocycles. The number of benzene rings is 1. The lowest BCUT2D eigenvalue weighted by atomic mass is 10.2. The van der Waals surface area contributed by atoms with Crippen molar-refractivity contribution in [3.05, 3.63) is 29.8 Å². The van der Waals surface area contributed by atoms with E-state index >= 15 is 0 Å². The van der Waals surface area contributed by atoms with Gasteiger partial charge in [0.1, 0.15) is 0 Å². The maximum atomic E-state index is 12.0. The van der Waals surface area contributed by atoms with E-state index in [2.05, 4.69) is 5.43 Å². The Labute approximate surface area is 67.2 Å². The molecule has 0 aliphatic heterocycles. The van der Waals surface area contributed by atoms with Crippen LogP contribution < -0.4 is 11.3 Å². The zero-order valence-electron chi connectivity index (χ0n) is 5.97. The van der Waals surface area contributed by atoms with Crippen LogP contribution in [0.3, 0.4) is 0 Å². The first-order valence-corrected chi connectivity index (χ1v) is 3.12. The van der Waals surface area contributed by atoms with E-state index in [1.54, 1.807) is 0 Å². The lowest BCUT2D eigenvalue weighted by molar-refractivity contribution is -0.137. The van der Waals surface area contributed by atoms with Gasteiger partial charge < -0.3 is 0 Å². The monoisotopic (exact) mass is 175 g/mol. The normalized spacial score (nSPS) is 11.3. The average molecular weight is 175 g/mol. The van der Waals surface area contributed by atoms with Crippen LogP contribution in [0.25, 0.3) is 0 Å². The van der Waals surface area contributed by atoms with Crippen molar-refractivity contribution >= 4 is 5.69 Å². The summed E-state index contributed by atoms with van der Waals surface area (Å²) in [7, 11) is 0. The zero-order chi connectivity index (χ0) is 9.19. The second kappa shape index (κ2) is 3.02. The van der Waals surface area contributed by atoms with Crippen LogP contribution >= 0.6 is 0 Å². The minimum atomic E-state index is -4.33. The molecule has 0 atom stereocenters. The summed E-state index contributed by atoms with van der Waals surface area (Å²) in [5.74, 6) is 4.82. The minimum Gasteiger partial charge on any atom is -0.227 e. The van der Waals surface area contributed by atoms with Gasteiger partial charge in [-0.25, -0.2) is 11.3 Å². The molecule has 5 heteroatoms. The van der Waals surface area contributed by atoms with E-state index in [9.17, 15) is 13.2 Å². The van der Waals surface area contributed by atoms with Crippen LogP contribution in [0.15, 0.2) is 24.3 Å². The molecule has 12 heavy (non-hydrogen) atoms. The van der Waals surface area contributed by atoms with Crippen LogP contribution in [-0.2, 0) is 6.18 Å². The van der Waals surface area contributed by atoms with Crippen molar-refractivity contribution in [3.8, 4) is 0 Å². The van der Waals surface area contributed by atoms with Crippen molar-refractivity contribution < 1.29 is 13.2 Å². The largest absolute Gasteiger partial charge is 0.416 e. The maximum Gasteiger partial charge on any atom is 0.416 e. The Morgan fingerprint density at radius 3 is 2.42 bits per heavy atom. The highest BCUT2D eigenvalue weighted by Crippen LogP contribution is 2.30. The molecule has 2 nitrogen and oxygen atoms in total. The Balaban J connectivity index is 3.02. The van der Waals surface area contributed by atoms with Gasteiger partial charge in [-0.15, -0.1) is 0 Å². The fourth-order valence-corrected chi connectivity index (χ4v) is 0.763. The fourth-order valence-electron chi connectivity index (χ4n) is 0.763. The Hall–Kier alpha value is -1.23. The highest BCUT2D eigenvalue weighted by Gasteiger charge is 2.30. The summed E-state index contributed by atoms with van der Waals surface area (Å²) in [5.41, 5.74) is 2.52. The molecule has 0 bridgehead atoms. The molecule has 0 saturated carbocycles. The summed E-state index contributed by atoms with van der Waals surface area (Å²) >= 11 is 0. The smallest absolute Gasteiger partial charge is 0.227 e. The van der Waals surface area contributed by atoms with E-state index in [0.29, 0.717) is 0 Å². The van der Waals surface area contributed by atoms with Gasteiger partial charge in [0.2, 0.25) is 0 Å². The van der Waals surface area contributed by atoms with Crippen molar-refractivity contribution in [2.24, 2.45) is 5.84 Å².